The molecule has 72 valence electrons. The summed E-state index contributed by atoms with van der Waals surface area (Å²) in [5.41, 5.74) is 6.95. The highest BCUT2D eigenvalue weighted by atomic mass is 35.5. The highest BCUT2D eigenvalue weighted by Crippen LogP contribution is 2.65. The lowest BCUT2D eigenvalue weighted by Gasteiger charge is -2.36. The van der Waals surface area contributed by atoms with Crippen LogP contribution in [0.5, 0.6) is 0 Å². The SMILES string of the molecule is CC1(C)C2CCC1(CN)CC2.Cl. The maximum atomic E-state index is 5.88. The van der Waals surface area contributed by atoms with Gasteiger partial charge >= 0.3 is 0 Å². The number of fused-ring (bicyclic) bond motifs is 2. The largest absolute Gasteiger partial charge is 0.330 e. The van der Waals surface area contributed by atoms with Gasteiger partial charge in [0.25, 0.3) is 0 Å². The summed E-state index contributed by atoms with van der Waals surface area (Å²) in [5, 5.41) is 0. The number of hydrogen-bond acceptors (Lipinski definition) is 1. The molecule has 0 aromatic heterocycles. The molecule has 0 aliphatic heterocycles. The second-order valence-electron chi connectivity index (χ2n) is 4.98. The van der Waals surface area contributed by atoms with E-state index >= 15 is 0 Å². The van der Waals surface area contributed by atoms with E-state index in [1.807, 2.05) is 0 Å². The van der Waals surface area contributed by atoms with Gasteiger partial charge in [-0.1, -0.05) is 13.8 Å². The molecule has 0 radical (unpaired) electrons. The Hall–Kier alpha value is 0.250. The minimum absolute atomic E-state index is 0. The highest BCUT2D eigenvalue weighted by molar-refractivity contribution is 5.85. The normalized spacial score (nSPS) is 42.8. The molecule has 0 aromatic carbocycles. The molecular weight excluding hydrogens is 170 g/mol. The molecule has 2 saturated carbocycles. The van der Waals surface area contributed by atoms with Gasteiger partial charge in [0.05, 0.1) is 0 Å². The third-order valence-corrected chi connectivity index (χ3v) is 4.72. The minimum atomic E-state index is 0. The van der Waals surface area contributed by atoms with Gasteiger partial charge in [-0.3, -0.25) is 0 Å². The number of nitrogens with two attached hydrogens (primary N) is 1. The van der Waals surface area contributed by atoms with E-state index < -0.39 is 0 Å². The molecule has 2 fully saturated rings. The third-order valence-electron chi connectivity index (χ3n) is 4.72. The van der Waals surface area contributed by atoms with Crippen molar-refractivity contribution in [3.8, 4) is 0 Å². The van der Waals surface area contributed by atoms with Crippen LogP contribution in [0.2, 0.25) is 0 Å². The van der Waals surface area contributed by atoms with Crippen LogP contribution in [0.4, 0.5) is 0 Å². The van der Waals surface area contributed by atoms with E-state index in [4.69, 9.17) is 5.73 Å². The molecular formula is C10H20ClN. The first-order chi connectivity index (χ1) is 5.12. The summed E-state index contributed by atoms with van der Waals surface area (Å²) in [6, 6.07) is 0. The van der Waals surface area contributed by atoms with Gasteiger partial charge in [-0.05, 0) is 49.0 Å². The Labute approximate surface area is 81.5 Å². The van der Waals surface area contributed by atoms with Gasteiger partial charge in [0.2, 0.25) is 0 Å². The molecule has 2 rings (SSSR count). The van der Waals surface area contributed by atoms with Crippen LogP contribution >= 0.6 is 12.4 Å². The van der Waals surface area contributed by atoms with Crippen molar-refractivity contribution in [1.82, 2.24) is 0 Å². The van der Waals surface area contributed by atoms with Gasteiger partial charge in [0.1, 0.15) is 0 Å². The fourth-order valence-electron chi connectivity index (χ4n) is 3.44. The van der Waals surface area contributed by atoms with E-state index in [0.29, 0.717) is 10.8 Å². The van der Waals surface area contributed by atoms with E-state index in [2.05, 4.69) is 13.8 Å². The Morgan fingerprint density at radius 3 is 1.92 bits per heavy atom. The summed E-state index contributed by atoms with van der Waals surface area (Å²) in [6.07, 6.45) is 5.65. The molecule has 0 atom stereocenters. The van der Waals surface area contributed by atoms with Crippen LogP contribution in [-0.2, 0) is 0 Å². The molecule has 2 bridgehead atoms. The summed E-state index contributed by atoms with van der Waals surface area (Å²) in [6.45, 7) is 5.76. The first-order valence-electron chi connectivity index (χ1n) is 4.82. The average Bonchev–Trinajstić information content (AvgIpc) is 2.39. The van der Waals surface area contributed by atoms with Crippen LogP contribution in [0.25, 0.3) is 0 Å². The standard InChI is InChI=1S/C10H19N.ClH/c1-9(2)8-3-5-10(9,7-11)6-4-8;/h8H,3-7,11H2,1-2H3;1H. The third kappa shape index (κ3) is 0.958. The predicted octanol–water partition coefficient (Wildman–Crippen LogP) is 2.58. The molecule has 2 aliphatic rings. The van der Waals surface area contributed by atoms with Crippen LogP contribution in [0.1, 0.15) is 39.5 Å². The number of rotatable bonds is 1. The van der Waals surface area contributed by atoms with Crippen LogP contribution in [0.3, 0.4) is 0 Å². The van der Waals surface area contributed by atoms with Gasteiger partial charge in [-0.2, -0.15) is 0 Å². The lowest BCUT2D eigenvalue weighted by molar-refractivity contribution is 0.138. The van der Waals surface area contributed by atoms with E-state index in [0.717, 1.165) is 12.5 Å². The van der Waals surface area contributed by atoms with E-state index in [1.54, 1.807) is 0 Å². The van der Waals surface area contributed by atoms with Crippen LogP contribution < -0.4 is 5.73 Å². The lowest BCUT2D eigenvalue weighted by Crippen LogP contribution is -2.37. The molecule has 0 saturated heterocycles. The first kappa shape index (κ1) is 10.3. The van der Waals surface area contributed by atoms with Gasteiger partial charge in [-0.25, -0.2) is 0 Å². The van der Waals surface area contributed by atoms with Gasteiger partial charge in [0, 0.05) is 0 Å². The smallest absolute Gasteiger partial charge is 0.00153 e. The van der Waals surface area contributed by atoms with Gasteiger partial charge < -0.3 is 5.73 Å². The maximum absolute atomic E-state index is 5.88. The fraction of sp³-hybridized carbons (Fsp3) is 1.00. The van der Waals surface area contributed by atoms with Gasteiger partial charge in [0.15, 0.2) is 0 Å². The van der Waals surface area contributed by atoms with Crippen LogP contribution in [0.15, 0.2) is 0 Å². The molecule has 1 nitrogen and oxygen atoms in total. The zero-order chi connectivity index (χ0) is 8.11. The Bertz CT molecular complexity index is 169. The molecule has 0 aromatic rings. The van der Waals surface area contributed by atoms with Crippen molar-refractivity contribution in [3.05, 3.63) is 0 Å². The minimum Gasteiger partial charge on any atom is -0.330 e. The van der Waals surface area contributed by atoms with Crippen molar-refractivity contribution in [1.29, 1.82) is 0 Å². The molecule has 2 aliphatic carbocycles. The van der Waals surface area contributed by atoms with Crippen LogP contribution in [0, 0.1) is 16.7 Å². The Balaban J connectivity index is 0.000000720. The second kappa shape index (κ2) is 2.88. The summed E-state index contributed by atoms with van der Waals surface area (Å²) >= 11 is 0. The molecule has 0 unspecified atom stereocenters. The van der Waals surface area contributed by atoms with E-state index in [-0.39, 0.29) is 12.4 Å². The Kier molecular flexibility index (Phi) is 2.48. The average molecular weight is 190 g/mol. The monoisotopic (exact) mass is 189 g/mol. The fourth-order valence-corrected chi connectivity index (χ4v) is 3.44. The summed E-state index contributed by atoms with van der Waals surface area (Å²) in [4.78, 5) is 0. The molecule has 2 heteroatoms. The molecule has 2 N–H and O–H groups in total. The van der Waals surface area contributed by atoms with Crippen molar-refractivity contribution in [2.24, 2.45) is 22.5 Å². The quantitative estimate of drug-likeness (QED) is 0.675. The number of halogens is 1. The summed E-state index contributed by atoms with van der Waals surface area (Å²) < 4.78 is 0. The highest BCUT2D eigenvalue weighted by Gasteiger charge is 2.57. The first-order valence-corrected chi connectivity index (χ1v) is 4.82. The lowest BCUT2D eigenvalue weighted by atomic mass is 9.69. The van der Waals surface area contributed by atoms with Crippen molar-refractivity contribution in [2.75, 3.05) is 6.54 Å². The van der Waals surface area contributed by atoms with Gasteiger partial charge in [-0.15, -0.1) is 12.4 Å². The predicted molar refractivity (Wildman–Crippen MR) is 54.5 cm³/mol. The van der Waals surface area contributed by atoms with Crippen molar-refractivity contribution < 1.29 is 0 Å². The van der Waals surface area contributed by atoms with Crippen molar-refractivity contribution >= 4 is 12.4 Å². The Morgan fingerprint density at radius 2 is 1.75 bits per heavy atom. The molecule has 0 spiro atoms. The van der Waals surface area contributed by atoms with E-state index in [1.165, 1.54) is 25.7 Å². The molecule has 12 heavy (non-hydrogen) atoms. The van der Waals surface area contributed by atoms with Crippen molar-refractivity contribution in [2.45, 2.75) is 39.5 Å². The molecule has 0 heterocycles. The Morgan fingerprint density at radius 1 is 1.25 bits per heavy atom. The zero-order valence-electron chi connectivity index (χ0n) is 8.10. The molecule has 0 amide bonds. The second-order valence-corrected chi connectivity index (χ2v) is 4.98. The van der Waals surface area contributed by atoms with E-state index in [9.17, 15) is 0 Å². The topological polar surface area (TPSA) is 26.0 Å². The summed E-state index contributed by atoms with van der Waals surface area (Å²) in [7, 11) is 0. The maximum Gasteiger partial charge on any atom is -0.00153 e. The van der Waals surface area contributed by atoms with Crippen molar-refractivity contribution in [3.63, 3.8) is 0 Å². The summed E-state index contributed by atoms with van der Waals surface area (Å²) in [5.74, 6) is 0.978. The number of hydrogen-bond donors (Lipinski definition) is 1. The zero-order valence-corrected chi connectivity index (χ0v) is 8.91. The van der Waals surface area contributed by atoms with Crippen LogP contribution in [-0.4, -0.2) is 6.54 Å².